The van der Waals surface area contributed by atoms with Crippen LogP contribution in [0.3, 0.4) is 0 Å². The van der Waals surface area contributed by atoms with Crippen LogP contribution in [0.15, 0.2) is 48.5 Å². The molecule has 0 unspecified atom stereocenters. The molecule has 6 nitrogen and oxygen atoms in total. The smallest absolute Gasteiger partial charge is 0.338 e. The highest BCUT2D eigenvalue weighted by molar-refractivity contribution is 5.96. The van der Waals surface area contributed by atoms with Crippen LogP contribution >= 0.6 is 0 Å². The molecular formula is C21H21FN2O4. The minimum absolute atomic E-state index is 0.0742. The number of likely N-dealkylation sites (N-methyl/N-ethyl adjacent to an activating group) is 1. The van der Waals surface area contributed by atoms with Crippen molar-refractivity contribution < 1.29 is 23.5 Å². The standard InChI is InChI=1S/C21H21FN2O4/c1-23(13-15-4-8-17(22)9-5-15)20(26)14-28-21(27)16-6-10-18(11-7-16)24-12-2-3-19(24)25/h4-11H,2-3,12-14H2,1H3. The molecule has 2 aromatic carbocycles. The molecule has 0 aliphatic carbocycles. The lowest BCUT2D eigenvalue weighted by Crippen LogP contribution is -2.30. The maximum absolute atomic E-state index is 12.9. The van der Waals surface area contributed by atoms with E-state index in [4.69, 9.17) is 4.74 Å². The largest absolute Gasteiger partial charge is 0.452 e. The Morgan fingerprint density at radius 2 is 1.79 bits per heavy atom. The Balaban J connectivity index is 1.50. The molecule has 1 fully saturated rings. The van der Waals surface area contributed by atoms with Gasteiger partial charge in [-0.2, -0.15) is 0 Å². The average molecular weight is 384 g/mol. The van der Waals surface area contributed by atoms with Crippen molar-refractivity contribution in [1.82, 2.24) is 4.90 Å². The number of nitrogens with zero attached hydrogens (tertiary/aromatic N) is 2. The first-order valence-corrected chi connectivity index (χ1v) is 9.00. The van der Waals surface area contributed by atoms with E-state index < -0.39 is 5.97 Å². The van der Waals surface area contributed by atoms with Crippen molar-refractivity contribution in [3.05, 3.63) is 65.5 Å². The van der Waals surface area contributed by atoms with Crippen LogP contribution in [0, 0.1) is 5.82 Å². The number of hydrogen-bond donors (Lipinski definition) is 0. The zero-order valence-corrected chi connectivity index (χ0v) is 15.6. The molecule has 0 atom stereocenters. The quantitative estimate of drug-likeness (QED) is 0.719. The van der Waals surface area contributed by atoms with Crippen molar-refractivity contribution in [2.45, 2.75) is 19.4 Å². The molecule has 28 heavy (non-hydrogen) atoms. The third kappa shape index (κ3) is 4.73. The van der Waals surface area contributed by atoms with Gasteiger partial charge in [-0.05, 0) is 48.4 Å². The minimum atomic E-state index is -0.608. The van der Waals surface area contributed by atoms with Gasteiger partial charge < -0.3 is 14.5 Å². The van der Waals surface area contributed by atoms with Crippen LogP contribution in [0.1, 0.15) is 28.8 Å². The van der Waals surface area contributed by atoms with E-state index in [0.29, 0.717) is 18.5 Å². The Hall–Kier alpha value is -3.22. The topological polar surface area (TPSA) is 66.9 Å². The number of rotatable bonds is 6. The molecule has 0 bridgehead atoms. The first-order chi connectivity index (χ1) is 13.4. The lowest BCUT2D eigenvalue weighted by molar-refractivity contribution is -0.133. The number of hydrogen-bond acceptors (Lipinski definition) is 4. The third-order valence-electron chi connectivity index (χ3n) is 4.57. The Morgan fingerprint density at radius 1 is 1.11 bits per heavy atom. The van der Waals surface area contributed by atoms with Crippen LogP contribution in [0.4, 0.5) is 10.1 Å². The first kappa shape index (κ1) is 19.5. The van der Waals surface area contributed by atoms with Crippen LogP contribution in [0.2, 0.25) is 0 Å². The van der Waals surface area contributed by atoms with E-state index in [1.54, 1.807) is 48.3 Å². The summed E-state index contributed by atoms with van der Waals surface area (Å²) >= 11 is 0. The highest BCUT2D eigenvalue weighted by Gasteiger charge is 2.22. The van der Waals surface area contributed by atoms with Crippen molar-refractivity contribution in [3.8, 4) is 0 Å². The van der Waals surface area contributed by atoms with E-state index in [9.17, 15) is 18.8 Å². The van der Waals surface area contributed by atoms with Crippen molar-refractivity contribution >= 4 is 23.5 Å². The van der Waals surface area contributed by atoms with Gasteiger partial charge in [0.2, 0.25) is 5.91 Å². The molecule has 146 valence electrons. The summed E-state index contributed by atoms with van der Waals surface area (Å²) in [5.41, 5.74) is 1.83. The van der Waals surface area contributed by atoms with Crippen LogP contribution in [-0.2, 0) is 20.9 Å². The summed E-state index contributed by atoms with van der Waals surface area (Å²) in [6, 6.07) is 12.4. The number of amides is 2. The number of esters is 1. The predicted molar refractivity (Wildman–Crippen MR) is 101 cm³/mol. The maximum Gasteiger partial charge on any atom is 0.338 e. The number of ether oxygens (including phenoxy) is 1. The molecule has 1 aliphatic heterocycles. The predicted octanol–water partition coefficient (Wildman–Crippen LogP) is 2.77. The summed E-state index contributed by atoms with van der Waals surface area (Å²) in [5.74, 6) is -1.24. The van der Waals surface area contributed by atoms with Gasteiger partial charge in [0.1, 0.15) is 5.82 Å². The van der Waals surface area contributed by atoms with E-state index in [2.05, 4.69) is 0 Å². The van der Waals surface area contributed by atoms with Gasteiger partial charge in [-0.25, -0.2) is 9.18 Å². The number of anilines is 1. The van der Waals surface area contributed by atoms with Crippen molar-refractivity contribution in [1.29, 1.82) is 0 Å². The minimum Gasteiger partial charge on any atom is -0.452 e. The second kappa shape index (κ2) is 8.65. The SMILES string of the molecule is CN(Cc1ccc(F)cc1)C(=O)COC(=O)c1ccc(N2CCCC2=O)cc1. The van der Waals surface area contributed by atoms with Gasteiger partial charge in [0, 0.05) is 32.2 Å². The lowest BCUT2D eigenvalue weighted by Gasteiger charge is -2.17. The van der Waals surface area contributed by atoms with E-state index in [0.717, 1.165) is 17.7 Å². The van der Waals surface area contributed by atoms with Crippen molar-refractivity contribution in [2.75, 3.05) is 25.1 Å². The zero-order valence-electron chi connectivity index (χ0n) is 15.6. The lowest BCUT2D eigenvalue weighted by atomic mass is 10.2. The van der Waals surface area contributed by atoms with Gasteiger partial charge in [0.05, 0.1) is 5.56 Å². The molecule has 0 N–H and O–H groups in total. The Bertz CT molecular complexity index is 865. The zero-order chi connectivity index (χ0) is 20.1. The summed E-state index contributed by atoms with van der Waals surface area (Å²) < 4.78 is 18.0. The molecule has 2 amide bonds. The van der Waals surface area contributed by atoms with E-state index in [-0.39, 0.29) is 30.8 Å². The molecule has 0 aromatic heterocycles. The summed E-state index contributed by atoms with van der Waals surface area (Å²) in [6.07, 6.45) is 1.37. The summed E-state index contributed by atoms with van der Waals surface area (Å²) in [7, 11) is 1.58. The molecule has 1 aliphatic rings. The van der Waals surface area contributed by atoms with Gasteiger partial charge in [-0.1, -0.05) is 12.1 Å². The molecule has 0 radical (unpaired) electrons. The molecule has 3 rings (SSSR count). The second-order valence-corrected chi connectivity index (χ2v) is 6.65. The maximum atomic E-state index is 12.9. The Kier molecular flexibility index (Phi) is 6.03. The normalized spacial score (nSPS) is 13.5. The Labute approximate surface area is 162 Å². The van der Waals surface area contributed by atoms with Crippen LogP contribution < -0.4 is 4.90 Å². The summed E-state index contributed by atoms with van der Waals surface area (Å²) in [4.78, 5) is 39.1. The fourth-order valence-electron chi connectivity index (χ4n) is 2.97. The average Bonchev–Trinajstić information content (AvgIpc) is 3.13. The van der Waals surface area contributed by atoms with Crippen LogP contribution in [-0.4, -0.2) is 42.9 Å². The van der Waals surface area contributed by atoms with Crippen LogP contribution in [0.25, 0.3) is 0 Å². The van der Waals surface area contributed by atoms with Crippen LogP contribution in [0.5, 0.6) is 0 Å². The van der Waals surface area contributed by atoms with Crippen molar-refractivity contribution in [3.63, 3.8) is 0 Å². The van der Waals surface area contributed by atoms with Gasteiger partial charge in [-0.15, -0.1) is 0 Å². The molecule has 0 spiro atoms. The van der Waals surface area contributed by atoms with E-state index >= 15 is 0 Å². The molecule has 1 saturated heterocycles. The molecule has 1 heterocycles. The van der Waals surface area contributed by atoms with E-state index in [1.165, 1.54) is 17.0 Å². The first-order valence-electron chi connectivity index (χ1n) is 9.00. The monoisotopic (exact) mass is 384 g/mol. The van der Waals surface area contributed by atoms with Crippen molar-refractivity contribution in [2.24, 2.45) is 0 Å². The highest BCUT2D eigenvalue weighted by atomic mass is 19.1. The molecule has 2 aromatic rings. The number of carbonyl (C=O) groups excluding carboxylic acids is 3. The molecular weight excluding hydrogens is 363 g/mol. The summed E-state index contributed by atoms with van der Waals surface area (Å²) in [5, 5.41) is 0. The highest BCUT2D eigenvalue weighted by Crippen LogP contribution is 2.21. The van der Waals surface area contributed by atoms with E-state index in [1.807, 2.05) is 0 Å². The van der Waals surface area contributed by atoms with Gasteiger partial charge in [0.15, 0.2) is 6.61 Å². The third-order valence-corrected chi connectivity index (χ3v) is 4.57. The van der Waals surface area contributed by atoms with Gasteiger partial charge in [0.25, 0.3) is 5.91 Å². The number of halogens is 1. The number of carbonyl (C=O) groups is 3. The number of benzene rings is 2. The summed E-state index contributed by atoms with van der Waals surface area (Å²) in [6.45, 7) is 0.579. The molecule has 0 saturated carbocycles. The van der Waals surface area contributed by atoms with Gasteiger partial charge >= 0.3 is 5.97 Å². The molecule has 7 heteroatoms. The fraction of sp³-hybridized carbons (Fsp3) is 0.286. The van der Waals surface area contributed by atoms with Gasteiger partial charge in [-0.3, -0.25) is 9.59 Å². The fourth-order valence-corrected chi connectivity index (χ4v) is 2.97. The second-order valence-electron chi connectivity index (χ2n) is 6.65. The Morgan fingerprint density at radius 3 is 2.39 bits per heavy atom.